The number of ether oxygens (including phenoxy) is 1. The van der Waals surface area contributed by atoms with Crippen LogP contribution in [0.25, 0.3) is 11.1 Å². The van der Waals surface area contributed by atoms with Crippen molar-refractivity contribution in [1.82, 2.24) is 9.21 Å². The van der Waals surface area contributed by atoms with Crippen LogP contribution < -0.4 is 0 Å². The van der Waals surface area contributed by atoms with Gasteiger partial charge in [-0.1, -0.05) is 42.5 Å². The minimum Gasteiger partial charge on any atom is -0.453 e. The summed E-state index contributed by atoms with van der Waals surface area (Å²) in [4.78, 5) is 13.3. The second kappa shape index (κ2) is 7.25. The van der Waals surface area contributed by atoms with Crippen LogP contribution in [0.1, 0.15) is 0 Å². The van der Waals surface area contributed by atoms with Gasteiger partial charge in [0.2, 0.25) is 10.0 Å². The summed E-state index contributed by atoms with van der Waals surface area (Å²) in [6.07, 6.45) is -0.427. The Morgan fingerprint density at radius 1 is 0.880 bits per heavy atom. The molecule has 0 N–H and O–H groups in total. The zero-order chi connectivity index (χ0) is 17.9. The number of carbonyl (C=O) groups is 1. The highest BCUT2D eigenvalue weighted by atomic mass is 32.2. The van der Waals surface area contributed by atoms with E-state index in [1.807, 2.05) is 42.5 Å². The fourth-order valence-corrected chi connectivity index (χ4v) is 4.26. The Bertz CT molecular complexity index is 827. The van der Waals surface area contributed by atoms with Gasteiger partial charge in [0.25, 0.3) is 0 Å². The highest BCUT2D eigenvalue weighted by Gasteiger charge is 2.30. The zero-order valence-corrected chi connectivity index (χ0v) is 14.8. The number of methoxy groups -OCH3 is 1. The summed E-state index contributed by atoms with van der Waals surface area (Å²) in [5.74, 6) is 0. The second-order valence-electron chi connectivity index (χ2n) is 5.75. The first kappa shape index (κ1) is 17.4. The van der Waals surface area contributed by atoms with Crippen LogP contribution in [0.3, 0.4) is 0 Å². The molecule has 1 heterocycles. The van der Waals surface area contributed by atoms with Crippen LogP contribution in [0.2, 0.25) is 0 Å². The highest BCUT2D eigenvalue weighted by Crippen LogP contribution is 2.23. The van der Waals surface area contributed by atoms with E-state index >= 15 is 0 Å². The molecule has 25 heavy (non-hydrogen) atoms. The molecule has 0 radical (unpaired) electrons. The molecule has 0 spiro atoms. The van der Waals surface area contributed by atoms with Crippen molar-refractivity contribution in [2.75, 3.05) is 33.3 Å². The van der Waals surface area contributed by atoms with E-state index in [1.165, 1.54) is 16.3 Å². The summed E-state index contributed by atoms with van der Waals surface area (Å²) in [5, 5.41) is 0. The quantitative estimate of drug-likeness (QED) is 0.843. The second-order valence-corrected chi connectivity index (χ2v) is 7.69. The number of hydrogen-bond donors (Lipinski definition) is 0. The maximum atomic E-state index is 12.8. The highest BCUT2D eigenvalue weighted by molar-refractivity contribution is 7.89. The maximum Gasteiger partial charge on any atom is 0.409 e. The minimum atomic E-state index is -3.56. The van der Waals surface area contributed by atoms with E-state index in [9.17, 15) is 13.2 Å². The molecule has 0 saturated carbocycles. The van der Waals surface area contributed by atoms with Crippen molar-refractivity contribution in [3.05, 3.63) is 54.6 Å². The van der Waals surface area contributed by atoms with Gasteiger partial charge in [0.1, 0.15) is 0 Å². The van der Waals surface area contributed by atoms with E-state index in [-0.39, 0.29) is 18.0 Å². The van der Waals surface area contributed by atoms with Crippen molar-refractivity contribution in [3.8, 4) is 11.1 Å². The van der Waals surface area contributed by atoms with Gasteiger partial charge in [-0.2, -0.15) is 4.31 Å². The van der Waals surface area contributed by atoms with Crippen LogP contribution in [0.4, 0.5) is 4.79 Å². The number of nitrogens with zero attached hydrogens (tertiary/aromatic N) is 2. The molecular weight excluding hydrogens is 340 g/mol. The fourth-order valence-electron chi connectivity index (χ4n) is 2.84. The molecule has 0 aromatic heterocycles. The normalized spacial score (nSPS) is 15.8. The topological polar surface area (TPSA) is 66.9 Å². The van der Waals surface area contributed by atoms with Gasteiger partial charge in [0.15, 0.2) is 0 Å². The number of rotatable bonds is 3. The molecule has 1 amide bonds. The summed E-state index contributed by atoms with van der Waals surface area (Å²) in [6, 6.07) is 16.7. The molecule has 2 aromatic rings. The molecule has 1 aliphatic heterocycles. The first-order valence-corrected chi connectivity index (χ1v) is 9.45. The molecule has 7 heteroatoms. The van der Waals surface area contributed by atoms with Crippen LogP contribution in [0.15, 0.2) is 59.5 Å². The van der Waals surface area contributed by atoms with Crippen molar-refractivity contribution in [1.29, 1.82) is 0 Å². The predicted octanol–water partition coefficient (Wildman–Crippen LogP) is 2.43. The maximum absolute atomic E-state index is 12.8. The van der Waals surface area contributed by atoms with Crippen molar-refractivity contribution in [3.63, 3.8) is 0 Å². The Balaban J connectivity index is 1.74. The number of sulfonamides is 1. The monoisotopic (exact) mass is 360 g/mol. The van der Waals surface area contributed by atoms with Gasteiger partial charge in [0.05, 0.1) is 12.0 Å². The van der Waals surface area contributed by atoms with Gasteiger partial charge in [-0.05, 0) is 23.3 Å². The number of hydrogen-bond acceptors (Lipinski definition) is 4. The Morgan fingerprint density at radius 3 is 2.00 bits per heavy atom. The smallest absolute Gasteiger partial charge is 0.409 e. The van der Waals surface area contributed by atoms with E-state index in [0.29, 0.717) is 13.1 Å². The molecule has 3 rings (SSSR count). The van der Waals surface area contributed by atoms with Crippen LogP contribution in [0.5, 0.6) is 0 Å². The SMILES string of the molecule is COC(=O)N1CCN(S(=O)(=O)c2ccc(-c3ccccc3)cc2)CC1. The summed E-state index contributed by atoms with van der Waals surface area (Å²) >= 11 is 0. The molecule has 132 valence electrons. The van der Waals surface area contributed by atoms with E-state index < -0.39 is 16.1 Å². The van der Waals surface area contributed by atoms with Crippen LogP contribution in [0, 0.1) is 0 Å². The van der Waals surface area contributed by atoms with Crippen LogP contribution in [-0.4, -0.2) is 57.0 Å². The van der Waals surface area contributed by atoms with Crippen LogP contribution >= 0.6 is 0 Å². The van der Waals surface area contributed by atoms with Crippen molar-refractivity contribution in [2.24, 2.45) is 0 Å². The molecular formula is C18H20N2O4S. The van der Waals surface area contributed by atoms with Crippen molar-refractivity contribution >= 4 is 16.1 Å². The first-order chi connectivity index (χ1) is 12.0. The molecule has 1 aliphatic rings. The fraction of sp³-hybridized carbons (Fsp3) is 0.278. The summed E-state index contributed by atoms with van der Waals surface area (Å²) in [5.41, 5.74) is 2.01. The van der Waals surface area contributed by atoms with E-state index in [0.717, 1.165) is 11.1 Å². The Kier molecular flexibility index (Phi) is 5.06. The average Bonchev–Trinajstić information content (AvgIpc) is 2.68. The molecule has 1 saturated heterocycles. The van der Waals surface area contributed by atoms with Gasteiger partial charge >= 0.3 is 6.09 Å². The van der Waals surface area contributed by atoms with Crippen molar-refractivity contribution < 1.29 is 17.9 Å². The third-order valence-corrected chi connectivity index (χ3v) is 6.18. The van der Waals surface area contributed by atoms with Gasteiger partial charge < -0.3 is 9.64 Å². The van der Waals surface area contributed by atoms with Gasteiger partial charge in [-0.15, -0.1) is 0 Å². The lowest BCUT2D eigenvalue weighted by Crippen LogP contribution is -2.50. The van der Waals surface area contributed by atoms with Crippen molar-refractivity contribution in [2.45, 2.75) is 4.90 Å². The Morgan fingerprint density at radius 2 is 1.44 bits per heavy atom. The lowest BCUT2D eigenvalue weighted by Gasteiger charge is -2.33. The third kappa shape index (κ3) is 3.67. The zero-order valence-electron chi connectivity index (χ0n) is 14.0. The standard InChI is InChI=1S/C18H20N2O4S/c1-24-18(21)19-11-13-20(14-12-19)25(22,23)17-9-7-16(8-10-17)15-5-3-2-4-6-15/h2-10H,11-14H2,1H3. The van der Waals surface area contributed by atoms with Gasteiger partial charge in [-0.3, -0.25) is 0 Å². The van der Waals surface area contributed by atoms with Gasteiger partial charge in [-0.25, -0.2) is 13.2 Å². The van der Waals surface area contributed by atoms with Gasteiger partial charge in [0, 0.05) is 26.2 Å². The lowest BCUT2D eigenvalue weighted by molar-refractivity contribution is 0.108. The Labute approximate surface area is 147 Å². The molecule has 1 fully saturated rings. The minimum absolute atomic E-state index is 0.262. The Hall–Kier alpha value is -2.38. The molecule has 0 unspecified atom stereocenters. The molecule has 2 aromatic carbocycles. The molecule has 0 bridgehead atoms. The summed E-state index contributed by atoms with van der Waals surface area (Å²) in [7, 11) is -2.24. The number of carbonyl (C=O) groups excluding carboxylic acids is 1. The molecule has 0 atom stereocenters. The number of benzene rings is 2. The summed E-state index contributed by atoms with van der Waals surface area (Å²) < 4.78 is 31.6. The third-order valence-electron chi connectivity index (χ3n) is 4.27. The lowest BCUT2D eigenvalue weighted by atomic mass is 10.1. The number of piperazine rings is 1. The largest absolute Gasteiger partial charge is 0.453 e. The first-order valence-electron chi connectivity index (χ1n) is 8.01. The van der Waals surface area contributed by atoms with E-state index in [2.05, 4.69) is 4.74 Å². The van der Waals surface area contributed by atoms with E-state index in [1.54, 1.807) is 12.1 Å². The average molecular weight is 360 g/mol. The molecule has 6 nitrogen and oxygen atoms in total. The van der Waals surface area contributed by atoms with E-state index in [4.69, 9.17) is 0 Å². The van der Waals surface area contributed by atoms with Crippen LogP contribution in [-0.2, 0) is 14.8 Å². The number of amides is 1. The molecule has 0 aliphatic carbocycles. The summed E-state index contributed by atoms with van der Waals surface area (Å²) in [6.45, 7) is 1.18. The predicted molar refractivity (Wildman–Crippen MR) is 94.6 cm³/mol.